The first-order chi connectivity index (χ1) is 19.5. The number of carbonyl (C=O) groups excluding carboxylic acids is 2. The van der Waals surface area contributed by atoms with Crippen LogP contribution in [0.2, 0.25) is 0 Å². The number of rotatable bonds is 19. The molecule has 5 heteroatoms. The van der Waals surface area contributed by atoms with E-state index in [2.05, 4.69) is 6.92 Å². The van der Waals surface area contributed by atoms with Crippen molar-refractivity contribution in [1.29, 1.82) is 0 Å². The van der Waals surface area contributed by atoms with Gasteiger partial charge in [-0.15, -0.1) is 0 Å². The molecule has 1 aliphatic heterocycles. The molecule has 216 valence electrons. The van der Waals surface area contributed by atoms with E-state index in [9.17, 15) is 19.1 Å². The van der Waals surface area contributed by atoms with Crippen LogP contribution in [0.3, 0.4) is 0 Å². The van der Waals surface area contributed by atoms with Gasteiger partial charge in [-0.2, -0.15) is 0 Å². The van der Waals surface area contributed by atoms with Crippen LogP contribution in [0, 0.1) is 5.82 Å². The molecule has 0 fully saturated rings. The van der Waals surface area contributed by atoms with Gasteiger partial charge in [-0.25, -0.2) is 4.39 Å². The highest BCUT2D eigenvalue weighted by atomic mass is 19.1. The molecule has 2 aromatic carbocycles. The highest BCUT2D eigenvalue weighted by molar-refractivity contribution is 6.14. The summed E-state index contributed by atoms with van der Waals surface area (Å²) in [7, 11) is 0. The van der Waals surface area contributed by atoms with Crippen molar-refractivity contribution in [1.82, 2.24) is 4.90 Å². The van der Waals surface area contributed by atoms with E-state index in [1.165, 1.54) is 93.7 Å². The van der Waals surface area contributed by atoms with E-state index in [0.29, 0.717) is 12.1 Å². The minimum atomic E-state index is -0.807. The summed E-state index contributed by atoms with van der Waals surface area (Å²) in [5, 5.41) is 10.8. The van der Waals surface area contributed by atoms with Crippen LogP contribution in [-0.2, 0) is 9.59 Å². The molecule has 4 nitrogen and oxygen atoms in total. The lowest BCUT2D eigenvalue weighted by atomic mass is 9.95. The van der Waals surface area contributed by atoms with Gasteiger partial charge >= 0.3 is 0 Å². The zero-order valence-electron chi connectivity index (χ0n) is 24.1. The van der Waals surface area contributed by atoms with Crippen molar-refractivity contribution in [2.24, 2.45) is 0 Å². The maximum absolute atomic E-state index is 14.1. The summed E-state index contributed by atoms with van der Waals surface area (Å²) >= 11 is 0. The van der Waals surface area contributed by atoms with E-state index in [4.69, 9.17) is 0 Å². The summed E-state index contributed by atoms with van der Waals surface area (Å²) in [4.78, 5) is 27.8. The second-order valence-electron chi connectivity index (χ2n) is 10.9. The third-order valence-corrected chi connectivity index (χ3v) is 7.71. The molecular weight excluding hydrogens is 501 g/mol. The van der Waals surface area contributed by atoms with Gasteiger partial charge in [-0.3, -0.25) is 9.59 Å². The quantitative estimate of drug-likeness (QED) is 0.141. The van der Waals surface area contributed by atoms with Crippen LogP contribution in [0.25, 0.3) is 6.08 Å². The van der Waals surface area contributed by atoms with E-state index < -0.39 is 29.3 Å². The number of allylic oxidation sites excluding steroid dienone is 1. The lowest BCUT2D eigenvalue weighted by molar-refractivity contribution is -0.129. The molecule has 0 radical (unpaired) electrons. The zero-order valence-corrected chi connectivity index (χ0v) is 24.1. The molecule has 1 atom stereocenters. The van der Waals surface area contributed by atoms with Crippen molar-refractivity contribution >= 4 is 17.8 Å². The number of amides is 1. The third-order valence-electron chi connectivity index (χ3n) is 7.71. The van der Waals surface area contributed by atoms with E-state index >= 15 is 0 Å². The largest absolute Gasteiger partial charge is 0.503 e. The Morgan fingerprint density at radius 2 is 1.40 bits per heavy atom. The van der Waals surface area contributed by atoms with E-state index in [1.807, 2.05) is 30.3 Å². The molecule has 0 aromatic heterocycles. The number of unbranched alkanes of at least 4 members (excludes halogenated alkanes) is 13. The lowest BCUT2D eigenvalue weighted by Gasteiger charge is -2.26. The van der Waals surface area contributed by atoms with E-state index in [0.717, 1.165) is 24.8 Å². The lowest BCUT2D eigenvalue weighted by Crippen LogP contribution is -2.32. The number of aliphatic hydroxyl groups excluding tert-OH is 1. The van der Waals surface area contributed by atoms with Gasteiger partial charge in [0.1, 0.15) is 5.82 Å². The topological polar surface area (TPSA) is 57.6 Å². The van der Waals surface area contributed by atoms with E-state index in [-0.39, 0.29) is 5.57 Å². The molecule has 40 heavy (non-hydrogen) atoms. The van der Waals surface area contributed by atoms with Gasteiger partial charge < -0.3 is 10.0 Å². The summed E-state index contributed by atoms with van der Waals surface area (Å²) < 4.78 is 14.1. The summed E-state index contributed by atoms with van der Waals surface area (Å²) in [6.45, 7) is 2.66. The van der Waals surface area contributed by atoms with Crippen molar-refractivity contribution in [3.8, 4) is 0 Å². The number of benzene rings is 2. The molecule has 1 aliphatic rings. The number of hydrogen-bond donors (Lipinski definition) is 1. The standard InChI is InChI=1S/C35H46FNO3/c1-2-3-4-5-6-7-8-9-10-11-12-13-14-18-26-37-33(29-22-19-23-30(36)27-29)32(34(39)35(37)40)31(38)25-24-28-20-16-15-17-21-28/h15-17,19-25,27,33,39H,2-14,18,26H2,1H3/b25-24+/t33-/m0/s1. The van der Waals surface area contributed by atoms with Crippen molar-refractivity contribution in [2.75, 3.05) is 6.54 Å². The molecule has 0 aliphatic carbocycles. The number of halogens is 1. The van der Waals surface area contributed by atoms with Gasteiger partial charge in [0.15, 0.2) is 11.5 Å². The molecular formula is C35H46FNO3. The second kappa shape index (κ2) is 17.5. The molecule has 1 amide bonds. The summed E-state index contributed by atoms with van der Waals surface area (Å²) in [6, 6.07) is 14.5. The van der Waals surface area contributed by atoms with Gasteiger partial charge in [0.25, 0.3) is 5.91 Å². The van der Waals surface area contributed by atoms with Gasteiger partial charge in [0.2, 0.25) is 0 Å². The minimum Gasteiger partial charge on any atom is -0.503 e. The maximum atomic E-state index is 14.1. The summed E-state index contributed by atoms with van der Waals surface area (Å²) in [5.41, 5.74) is 1.33. The van der Waals surface area contributed by atoms with Crippen molar-refractivity contribution < 1.29 is 19.1 Å². The molecule has 1 N–H and O–H groups in total. The normalized spacial score (nSPS) is 15.5. The average molecular weight is 548 g/mol. The predicted molar refractivity (Wildman–Crippen MR) is 161 cm³/mol. The van der Waals surface area contributed by atoms with Crippen LogP contribution in [0.5, 0.6) is 0 Å². The Morgan fingerprint density at radius 3 is 1.98 bits per heavy atom. The van der Waals surface area contributed by atoms with Gasteiger partial charge in [-0.05, 0) is 35.8 Å². The highest BCUT2D eigenvalue weighted by Gasteiger charge is 2.42. The molecule has 0 saturated heterocycles. The first kappa shape index (κ1) is 31.3. The van der Waals surface area contributed by atoms with Crippen LogP contribution in [-0.4, -0.2) is 28.2 Å². The minimum absolute atomic E-state index is 0.00754. The summed E-state index contributed by atoms with van der Waals surface area (Å²) in [6.07, 6.45) is 20.3. The Morgan fingerprint density at radius 1 is 0.825 bits per heavy atom. The number of ketones is 1. The molecule has 1 heterocycles. The Bertz CT molecular complexity index is 1120. The fourth-order valence-corrected chi connectivity index (χ4v) is 5.46. The zero-order chi connectivity index (χ0) is 28.6. The number of nitrogens with zero attached hydrogens (tertiary/aromatic N) is 1. The Kier molecular flexibility index (Phi) is 13.7. The van der Waals surface area contributed by atoms with Crippen LogP contribution in [0.1, 0.15) is 114 Å². The smallest absolute Gasteiger partial charge is 0.290 e. The number of hydrogen-bond acceptors (Lipinski definition) is 3. The van der Waals surface area contributed by atoms with Crippen LogP contribution in [0.15, 0.2) is 72.0 Å². The van der Waals surface area contributed by atoms with Crippen molar-refractivity contribution in [2.45, 2.75) is 103 Å². The molecule has 0 saturated carbocycles. The average Bonchev–Trinajstić information content (AvgIpc) is 3.22. The summed E-state index contributed by atoms with van der Waals surface area (Å²) in [5.74, 6) is -2.01. The van der Waals surface area contributed by atoms with Crippen molar-refractivity contribution in [3.63, 3.8) is 0 Å². The van der Waals surface area contributed by atoms with Crippen LogP contribution < -0.4 is 0 Å². The highest BCUT2D eigenvalue weighted by Crippen LogP contribution is 2.38. The fourth-order valence-electron chi connectivity index (χ4n) is 5.46. The molecule has 0 spiro atoms. The Labute approximate surface area is 240 Å². The van der Waals surface area contributed by atoms with E-state index in [1.54, 1.807) is 18.2 Å². The maximum Gasteiger partial charge on any atom is 0.290 e. The third kappa shape index (κ3) is 9.76. The van der Waals surface area contributed by atoms with Gasteiger partial charge in [-0.1, -0.05) is 139 Å². The van der Waals surface area contributed by atoms with Gasteiger partial charge in [0.05, 0.1) is 11.6 Å². The SMILES string of the molecule is CCCCCCCCCCCCCCCCN1C(=O)C(O)=C(C(=O)/C=C/c2ccccc2)[C@@H]1c1cccc(F)c1. The second-order valence-corrected chi connectivity index (χ2v) is 10.9. The van der Waals surface area contributed by atoms with Crippen LogP contribution in [0.4, 0.5) is 4.39 Å². The number of carbonyl (C=O) groups is 2. The molecule has 3 rings (SSSR count). The first-order valence-corrected chi connectivity index (χ1v) is 15.3. The first-order valence-electron chi connectivity index (χ1n) is 15.3. The molecule has 0 unspecified atom stereocenters. The Balaban J connectivity index is 1.49. The number of aliphatic hydroxyl groups is 1. The van der Waals surface area contributed by atoms with Gasteiger partial charge in [0, 0.05) is 6.54 Å². The molecule has 0 bridgehead atoms. The Hall–Kier alpha value is -3.21. The van der Waals surface area contributed by atoms with Crippen LogP contribution >= 0.6 is 0 Å². The molecule has 2 aromatic rings. The van der Waals surface area contributed by atoms with Crippen molar-refractivity contribution in [3.05, 3.63) is 88.9 Å². The fraction of sp³-hybridized carbons (Fsp3) is 0.486. The predicted octanol–water partition coefficient (Wildman–Crippen LogP) is 9.28. The monoisotopic (exact) mass is 547 g/mol.